The van der Waals surface area contributed by atoms with Crippen molar-refractivity contribution in [2.45, 2.75) is 385 Å². The largest absolute Gasteiger partial charge is 0.504 e. The first-order valence-electron chi connectivity index (χ1n) is 49.4. The van der Waals surface area contributed by atoms with Gasteiger partial charge in [-0.15, -0.1) is 0 Å². The molecule has 1 heterocycles. The Morgan fingerprint density at radius 3 is 1.43 bits per heavy atom. The van der Waals surface area contributed by atoms with Gasteiger partial charge in [0.2, 0.25) is 0 Å². The van der Waals surface area contributed by atoms with Crippen LogP contribution in [0.5, 0.6) is 40.2 Å². The molecule has 8 aromatic rings. The Morgan fingerprint density at radius 1 is 0.384 bits per heavy atom. The summed E-state index contributed by atoms with van der Waals surface area (Å²) in [6, 6.07) is 54.7. The second-order valence-corrected chi connectivity index (χ2v) is 36.5. The summed E-state index contributed by atoms with van der Waals surface area (Å²) in [7, 11) is 0. The van der Waals surface area contributed by atoms with Crippen LogP contribution in [0, 0.1) is 23.7 Å². The maximum absolute atomic E-state index is 9.97. The average Bonchev–Trinajstić information content (AvgIpc) is 1.56. The fraction of sp³-hybridized carbons (Fsp3) is 0.607. The van der Waals surface area contributed by atoms with Crippen molar-refractivity contribution >= 4 is 21.5 Å². The Labute approximate surface area is 757 Å². The number of fused-ring (bicyclic) bond motifs is 3. The Kier molecular flexibility index (Phi) is 46.3. The Balaban J connectivity index is 0.000000187. The molecule has 13 rings (SSSR count). The Morgan fingerprint density at radius 2 is 0.888 bits per heavy atom. The molecule has 4 aliphatic carbocycles. The molecule has 8 aromatic carbocycles. The van der Waals surface area contributed by atoms with Gasteiger partial charge in [0.1, 0.15) is 28.7 Å². The van der Waals surface area contributed by atoms with Gasteiger partial charge in [-0.3, -0.25) is 0 Å². The third-order valence-corrected chi connectivity index (χ3v) is 26.8. The van der Waals surface area contributed by atoms with Gasteiger partial charge in [0.25, 0.3) is 0 Å². The standard InChI is InChI=1S/C24H34O2.C21H34O2.C19H28O2.C18H24O2.C15H24O3.C15H22O2/c1-5-18(3)21-8-6-10-23-22(21)9-7-11-24(23)26-19(4)25-16-20-14-12-17(2)13-15-20;1-4-17(3)19-12-9-13-20(16-19)23-21(5-2)22-15-14-18-10-7-6-8-11-18;1-13-11-16-12-18(9-10-19(16)14(13)2)21-15(3)20-17-7-5-4-6-8-17;1-5-13(3)15-9-7-11-17-16(15)10-8-12-18(17)20-14(4)19-6-2;1-5-11(4)12-8-9-14(13(16)10-12)18-15(6-2)17-7-3;1-3-12(2)13-7-6-8-14(11-13)17-15-9-4-5-10-16-15/h6-11,17-20H,5,12-16H2,1-4H3;9,12-13,16-18,21H,4-8,10-11,14-15H2,1-3H3;9-10,12-15,17H,4-8,11H2,1-3H3;7-14H,5-6H2,1-4H3;8-11,15-16H,5-7H2,1-4H3;6-8,11-12,15H,3-5,9-10H2,1-2H3. The monoisotopic (exact) mass is 1720 g/mol. The lowest BCUT2D eigenvalue weighted by Crippen LogP contribution is -2.26. The van der Waals surface area contributed by atoms with Crippen LogP contribution >= 0.6 is 0 Å². The second-order valence-electron chi connectivity index (χ2n) is 36.5. The first-order chi connectivity index (χ1) is 60.5. The number of aromatic hydroxyl groups is 1. The lowest BCUT2D eigenvalue weighted by atomic mass is 9.83. The van der Waals surface area contributed by atoms with Crippen molar-refractivity contribution < 1.29 is 61.9 Å². The zero-order chi connectivity index (χ0) is 90.0. The number of hydrogen-bond donors (Lipinski definition) is 1. The first kappa shape index (κ1) is 103. The van der Waals surface area contributed by atoms with E-state index in [2.05, 4.69) is 218 Å². The van der Waals surface area contributed by atoms with Crippen molar-refractivity contribution in [2.24, 2.45) is 23.7 Å². The quantitative estimate of drug-likeness (QED) is 0.0371. The number of phenolic OH excluding ortho intramolecular Hbond substituents is 1. The van der Waals surface area contributed by atoms with E-state index in [1.54, 1.807) is 6.07 Å². The molecule has 1 saturated heterocycles. The molecular formula is C112H166O13. The molecule has 13 unspecified atom stereocenters. The van der Waals surface area contributed by atoms with E-state index in [0.717, 1.165) is 135 Å². The van der Waals surface area contributed by atoms with Gasteiger partial charge in [0.15, 0.2) is 49.2 Å². The molecule has 13 heteroatoms. The van der Waals surface area contributed by atoms with Crippen LogP contribution < -0.4 is 28.4 Å². The summed E-state index contributed by atoms with van der Waals surface area (Å²) < 4.78 is 70.2. The van der Waals surface area contributed by atoms with Gasteiger partial charge < -0.3 is 61.9 Å². The van der Waals surface area contributed by atoms with Gasteiger partial charge in [-0.1, -0.05) is 265 Å². The lowest BCUT2D eigenvalue weighted by Gasteiger charge is -2.27. The van der Waals surface area contributed by atoms with E-state index in [-0.39, 0.29) is 43.5 Å². The van der Waals surface area contributed by atoms with E-state index in [9.17, 15) is 5.11 Å². The van der Waals surface area contributed by atoms with Crippen molar-refractivity contribution in [1.82, 2.24) is 0 Å². The summed E-state index contributed by atoms with van der Waals surface area (Å²) in [6.45, 7) is 47.0. The normalized spacial score (nSPS) is 20.1. The van der Waals surface area contributed by atoms with Gasteiger partial charge in [-0.2, -0.15) is 0 Å². The molecule has 0 aromatic heterocycles. The molecule has 692 valence electrons. The van der Waals surface area contributed by atoms with E-state index in [1.165, 1.54) is 159 Å². The molecule has 5 aliphatic rings. The number of benzene rings is 8. The SMILES string of the molecule is CC(Oc1ccc2c(c1)CC(C)C2C)OC1CCCCC1.CCC(C)c1cccc(OC2CCCCO2)c1.CCC(C)c1cccc2c(OC(C)OCC3CCC(C)CC3)cccc12.CCC(OCCC1CCCCC1)Oc1cccc(C(C)CC)c1.CCOC(C)Oc1cccc2c(C(C)CC)cccc12.CCOC(CC)Oc1ccc(C(C)CC)cc1O. The number of rotatable bonds is 37. The molecule has 4 fully saturated rings. The van der Waals surface area contributed by atoms with E-state index in [1.807, 2.05) is 71.9 Å². The first-order valence-corrected chi connectivity index (χ1v) is 49.4. The molecule has 0 spiro atoms. The highest BCUT2D eigenvalue weighted by Crippen LogP contribution is 2.42. The number of phenols is 1. The smallest absolute Gasteiger partial charge is 0.199 e. The molecule has 0 radical (unpaired) electrons. The highest BCUT2D eigenvalue weighted by atomic mass is 16.7. The van der Waals surface area contributed by atoms with Gasteiger partial charge in [0, 0.05) is 43.2 Å². The minimum absolute atomic E-state index is 0.0454. The molecule has 1 N–H and O–H groups in total. The highest BCUT2D eigenvalue weighted by Gasteiger charge is 2.28. The summed E-state index contributed by atoms with van der Waals surface area (Å²) in [6.07, 6.45) is 30.9. The predicted octanol–water partition coefficient (Wildman–Crippen LogP) is 31.6. The summed E-state index contributed by atoms with van der Waals surface area (Å²) in [5.74, 6) is 11.9. The van der Waals surface area contributed by atoms with Crippen molar-refractivity contribution in [3.05, 3.63) is 197 Å². The zero-order valence-corrected chi connectivity index (χ0v) is 81.1. The second kappa shape index (κ2) is 56.2. The molecule has 0 bridgehead atoms. The Hall–Kier alpha value is -7.36. The Bertz CT molecular complexity index is 4260. The van der Waals surface area contributed by atoms with Crippen molar-refractivity contribution in [2.75, 3.05) is 33.0 Å². The van der Waals surface area contributed by atoms with Crippen LogP contribution in [-0.2, 0) is 34.8 Å². The summed E-state index contributed by atoms with van der Waals surface area (Å²) in [5.41, 5.74) is 9.57. The number of ether oxygens (including phenoxy) is 12. The third-order valence-electron chi connectivity index (χ3n) is 26.8. The summed E-state index contributed by atoms with van der Waals surface area (Å²) in [5, 5.41) is 14.9. The minimum atomic E-state index is -0.296. The van der Waals surface area contributed by atoms with Crippen LogP contribution in [-0.4, -0.2) is 82.0 Å². The highest BCUT2D eigenvalue weighted by molar-refractivity contribution is 5.92. The van der Waals surface area contributed by atoms with E-state index in [0.29, 0.717) is 66.5 Å². The zero-order valence-electron chi connectivity index (χ0n) is 81.1. The molecule has 13 atom stereocenters. The molecular weight excluding hydrogens is 1550 g/mol. The van der Waals surface area contributed by atoms with Crippen LogP contribution in [0.15, 0.2) is 158 Å². The average molecular weight is 1720 g/mol. The molecule has 1 aliphatic heterocycles. The van der Waals surface area contributed by atoms with Crippen LogP contribution in [0.1, 0.15) is 373 Å². The van der Waals surface area contributed by atoms with Gasteiger partial charge in [-0.25, -0.2) is 0 Å². The van der Waals surface area contributed by atoms with Crippen LogP contribution in [0.3, 0.4) is 0 Å². The van der Waals surface area contributed by atoms with Crippen molar-refractivity contribution in [1.29, 1.82) is 0 Å². The van der Waals surface area contributed by atoms with Gasteiger partial charge in [-0.05, 0) is 288 Å². The van der Waals surface area contributed by atoms with Crippen LogP contribution in [0.25, 0.3) is 21.5 Å². The minimum Gasteiger partial charge on any atom is -0.504 e. The molecule has 0 amide bonds. The molecule has 3 saturated carbocycles. The molecule has 125 heavy (non-hydrogen) atoms. The number of hydrogen-bond acceptors (Lipinski definition) is 13. The maximum Gasteiger partial charge on any atom is 0.199 e. The molecule has 13 nitrogen and oxygen atoms in total. The van der Waals surface area contributed by atoms with E-state index < -0.39 is 0 Å². The fourth-order valence-electron chi connectivity index (χ4n) is 17.5. The summed E-state index contributed by atoms with van der Waals surface area (Å²) >= 11 is 0. The van der Waals surface area contributed by atoms with E-state index in [4.69, 9.17) is 56.8 Å². The van der Waals surface area contributed by atoms with Crippen molar-refractivity contribution in [3.8, 4) is 40.2 Å². The van der Waals surface area contributed by atoms with Crippen LogP contribution in [0.4, 0.5) is 0 Å². The lowest BCUT2D eigenvalue weighted by molar-refractivity contribution is -0.116. The maximum atomic E-state index is 9.97. The third kappa shape index (κ3) is 34.2. The van der Waals surface area contributed by atoms with Crippen molar-refractivity contribution in [3.63, 3.8) is 0 Å². The fourth-order valence-corrected chi connectivity index (χ4v) is 17.5. The van der Waals surface area contributed by atoms with Gasteiger partial charge >= 0.3 is 0 Å². The summed E-state index contributed by atoms with van der Waals surface area (Å²) in [4.78, 5) is 0. The van der Waals surface area contributed by atoms with Crippen LogP contribution in [0.2, 0.25) is 0 Å². The predicted molar refractivity (Wildman–Crippen MR) is 519 cm³/mol. The topological polar surface area (TPSA) is 131 Å². The van der Waals surface area contributed by atoms with E-state index >= 15 is 0 Å². The van der Waals surface area contributed by atoms with Gasteiger partial charge in [0.05, 0.1) is 25.9 Å².